The molecule has 44 heavy (non-hydrogen) atoms. The lowest BCUT2D eigenvalue weighted by atomic mass is 9.93. The van der Waals surface area contributed by atoms with E-state index in [1.165, 1.54) is 41.2 Å². The summed E-state index contributed by atoms with van der Waals surface area (Å²) >= 11 is 7.46. The number of aromatic nitrogens is 1. The van der Waals surface area contributed by atoms with E-state index in [9.17, 15) is 19.7 Å². The number of hydrogen-bond donors (Lipinski definition) is 0. The number of methoxy groups -OCH3 is 2. The Morgan fingerprint density at radius 1 is 1.16 bits per heavy atom. The molecule has 0 saturated carbocycles. The molecule has 0 N–H and O–H groups in total. The zero-order valence-electron chi connectivity index (χ0n) is 24.6. The number of nitro groups is 1. The molecule has 0 spiro atoms. The van der Waals surface area contributed by atoms with Gasteiger partial charge in [-0.2, -0.15) is 0 Å². The molecule has 0 aliphatic carbocycles. The number of ether oxygens (including phenoxy) is 2. The maximum Gasteiger partial charge on any atom is 0.271 e. The van der Waals surface area contributed by atoms with Crippen LogP contribution >= 0.6 is 22.9 Å². The minimum atomic E-state index is -0.836. The number of rotatable bonds is 9. The minimum Gasteiger partial charge on any atom is -0.497 e. The van der Waals surface area contributed by atoms with Crippen LogP contribution in [-0.4, -0.2) is 47.6 Å². The highest BCUT2D eigenvalue weighted by atomic mass is 35.5. The molecule has 228 valence electrons. The van der Waals surface area contributed by atoms with Gasteiger partial charge in [-0.15, -0.1) is 0 Å². The standard InChI is InChI=1S/C31H29ClN4O7S/c1-6-34(7-2)30(38)27-17(3)33-31-35(28(27)22-15-19(41-4)9-12-24(22)42-5)29(37)26(44-31)16-20-10-13-25(43-20)21-11-8-18(36(39)40)14-23(21)32/h8-16,28H,6-7H2,1-5H3/b26-16+/t28-/m0/s1. The molecular weight excluding hydrogens is 608 g/mol. The van der Waals surface area contributed by atoms with Crippen molar-refractivity contribution in [3.05, 3.63) is 106 Å². The van der Waals surface area contributed by atoms with Crippen molar-refractivity contribution in [2.45, 2.75) is 26.8 Å². The van der Waals surface area contributed by atoms with Gasteiger partial charge in [-0.25, -0.2) is 4.99 Å². The van der Waals surface area contributed by atoms with Crippen LogP contribution in [0.5, 0.6) is 11.5 Å². The summed E-state index contributed by atoms with van der Waals surface area (Å²) in [4.78, 5) is 45.4. The number of halogens is 1. The van der Waals surface area contributed by atoms with Crippen LogP contribution in [0.1, 0.15) is 38.1 Å². The molecule has 1 aliphatic heterocycles. The van der Waals surface area contributed by atoms with Gasteiger partial charge in [0.1, 0.15) is 29.1 Å². The highest BCUT2D eigenvalue weighted by Crippen LogP contribution is 2.38. The Labute approximate surface area is 261 Å². The fourth-order valence-electron chi connectivity index (χ4n) is 5.15. The fraction of sp³-hybridized carbons (Fsp3) is 0.258. The van der Waals surface area contributed by atoms with Crippen LogP contribution in [0, 0.1) is 10.1 Å². The molecule has 2 aromatic heterocycles. The van der Waals surface area contributed by atoms with Gasteiger partial charge >= 0.3 is 0 Å². The highest BCUT2D eigenvalue weighted by Gasteiger charge is 2.36. The van der Waals surface area contributed by atoms with Crippen molar-refractivity contribution in [1.29, 1.82) is 0 Å². The molecular formula is C31H29ClN4O7S. The summed E-state index contributed by atoms with van der Waals surface area (Å²) in [5.74, 6) is 1.55. The van der Waals surface area contributed by atoms with Crippen molar-refractivity contribution in [1.82, 2.24) is 9.47 Å². The lowest BCUT2D eigenvalue weighted by molar-refractivity contribution is -0.384. The summed E-state index contributed by atoms with van der Waals surface area (Å²) in [7, 11) is 3.07. The normalized spacial score (nSPS) is 14.7. The number of non-ortho nitro benzene ring substituents is 1. The molecule has 2 aromatic carbocycles. The first-order valence-electron chi connectivity index (χ1n) is 13.7. The van der Waals surface area contributed by atoms with Crippen LogP contribution in [0.2, 0.25) is 5.02 Å². The summed E-state index contributed by atoms with van der Waals surface area (Å²) in [6.07, 6.45) is 1.59. The van der Waals surface area contributed by atoms with Crippen LogP contribution in [-0.2, 0) is 4.79 Å². The van der Waals surface area contributed by atoms with Crippen LogP contribution in [0.4, 0.5) is 5.69 Å². The van der Waals surface area contributed by atoms with Gasteiger partial charge in [0, 0.05) is 42.4 Å². The van der Waals surface area contributed by atoms with Crippen LogP contribution < -0.4 is 24.4 Å². The molecule has 0 saturated heterocycles. The largest absolute Gasteiger partial charge is 0.497 e. The smallest absolute Gasteiger partial charge is 0.271 e. The van der Waals surface area contributed by atoms with Crippen molar-refractivity contribution in [3.8, 4) is 22.8 Å². The van der Waals surface area contributed by atoms with E-state index in [0.717, 1.165) is 0 Å². The predicted octanol–water partition coefficient (Wildman–Crippen LogP) is 4.94. The highest BCUT2D eigenvalue weighted by molar-refractivity contribution is 7.07. The van der Waals surface area contributed by atoms with E-state index in [1.807, 2.05) is 13.8 Å². The first-order chi connectivity index (χ1) is 21.1. The Balaban J connectivity index is 1.67. The number of likely N-dealkylation sites (N-methyl/N-ethyl adjacent to an activating group) is 1. The first kappa shape index (κ1) is 30.8. The molecule has 0 unspecified atom stereocenters. The summed E-state index contributed by atoms with van der Waals surface area (Å²) in [6.45, 7) is 6.53. The number of amides is 1. The number of fused-ring (bicyclic) bond motifs is 1. The van der Waals surface area contributed by atoms with E-state index in [-0.39, 0.29) is 22.2 Å². The fourth-order valence-corrected chi connectivity index (χ4v) is 6.44. The molecule has 1 amide bonds. The number of thiazole rings is 1. The van der Waals surface area contributed by atoms with Crippen LogP contribution in [0.25, 0.3) is 17.4 Å². The number of nitro benzene ring substituents is 1. The number of benzene rings is 2. The second-order valence-corrected chi connectivity index (χ2v) is 11.2. The van der Waals surface area contributed by atoms with Crippen molar-refractivity contribution in [2.75, 3.05) is 27.3 Å². The van der Waals surface area contributed by atoms with E-state index in [4.69, 9.17) is 30.5 Å². The van der Waals surface area contributed by atoms with E-state index < -0.39 is 11.0 Å². The Morgan fingerprint density at radius 2 is 1.91 bits per heavy atom. The van der Waals surface area contributed by atoms with Gasteiger partial charge in [0.25, 0.3) is 17.2 Å². The minimum absolute atomic E-state index is 0.136. The number of carbonyl (C=O) groups excluding carboxylic acids is 1. The summed E-state index contributed by atoms with van der Waals surface area (Å²) in [6, 6.07) is 11.9. The van der Waals surface area contributed by atoms with Crippen molar-refractivity contribution in [3.63, 3.8) is 0 Å². The molecule has 3 heterocycles. The number of nitrogens with zero attached hydrogens (tertiary/aromatic N) is 4. The lowest BCUT2D eigenvalue weighted by Crippen LogP contribution is -2.43. The Bertz CT molecular complexity index is 1990. The number of hydrogen-bond acceptors (Lipinski definition) is 9. The average molecular weight is 637 g/mol. The van der Waals surface area contributed by atoms with Gasteiger partial charge < -0.3 is 18.8 Å². The second kappa shape index (κ2) is 12.5. The van der Waals surface area contributed by atoms with Gasteiger partial charge in [-0.1, -0.05) is 22.9 Å². The monoisotopic (exact) mass is 636 g/mol. The Hall–Kier alpha value is -4.68. The third-order valence-corrected chi connectivity index (χ3v) is 8.66. The van der Waals surface area contributed by atoms with Crippen molar-refractivity contribution in [2.24, 2.45) is 4.99 Å². The summed E-state index contributed by atoms with van der Waals surface area (Å²) < 4.78 is 19.0. The molecule has 1 atom stereocenters. The van der Waals surface area contributed by atoms with Gasteiger partial charge in [-0.3, -0.25) is 24.3 Å². The van der Waals surface area contributed by atoms with Gasteiger partial charge in [0.15, 0.2) is 4.80 Å². The molecule has 0 bridgehead atoms. The van der Waals surface area contributed by atoms with Gasteiger partial charge in [0.05, 0.1) is 40.0 Å². The molecule has 4 aromatic rings. The van der Waals surface area contributed by atoms with Crippen molar-refractivity contribution < 1.29 is 23.6 Å². The SMILES string of the molecule is CCN(CC)C(=O)C1=C(C)N=c2s/c(=C/c3ccc(-c4ccc([N+](=O)[O-])cc4Cl)o3)c(=O)n2[C@H]1c1cc(OC)ccc1OC. The quantitative estimate of drug-likeness (QED) is 0.188. The molecule has 0 fully saturated rings. The van der Waals surface area contributed by atoms with Crippen LogP contribution in [0.15, 0.2) is 74.0 Å². The van der Waals surface area contributed by atoms with Gasteiger partial charge in [-0.05, 0) is 57.2 Å². The topological polar surface area (TPSA) is 129 Å². The van der Waals surface area contributed by atoms with Crippen LogP contribution in [0.3, 0.4) is 0 Å². The van der Waals surface area contributed by atoms with E-state index in [0.29, 0.717) is 67.8 Å². The summed E-state index contributed by atoms with van der Waals surface area (Å²) in [5.41, 5.74) is 1.41. The first-order valence-corrected chi connectivity index (χ1v) is 14.9. The molecule has 13 heteroatoms. The third-order valence-electron chi connectivity index (χ3n) is 7.36. The lowest BCUT2D eigenvalue weighted by Gasteiger charge is -2.30. The zero-order chi connectivity index (χ0) is 31.7. The van der Waals surface area contributed by atoms with Gasteiger partial charge in [0.2, 0.25) is 0 Å². The van der Waals surface area contributed by atoms with E-state index in [2.05, 4.69) is 0 Å². The number of allylic oxidation sites excluding steroid dienone is 1. The zero-order valence-corrected chi connectivity index (χ0v) is 26.2. The predicted molar refractivity (Wildman–Crippen MR) is 167 cm³/mol. The maximum absolute atomic E-state index is 14.1. The second-order valence-electron chi connectivity index (χ2n) is 9.79. The number of carbonyl (C=O) groups is 1. The maximum atomic E-state index is 14.1. The Morgan fingerprint density at radius 3 is 2.55 bits per heavy atom. The summed E-state index contributed by atoms with van der Waals surface area (Å²) in [5, 5.41) is 11.2. The molecule has 5 rings (SSSR count). The molecule has 11 nitrogen and oxygen atoms in total. The third kappa shape index (κ3) is 5.53. The Kier molecular flexibility index (Phi) is 8.75. The number of furan rings is 1. The average Bonchev–Trinajstić information content (AvgIpc) is 3.60. The van der Waals surface area contributed by atoms with E-state index in [1.54, 1.807) is 55.3 Å². The van der Waals surface area contributed by atoms with Crippen molar-refractivity contribution >= 4 is 40.6 Å². The van der Waals surface area contributed by atoms with E-state index >= 15 is 0 Å². The molecule has 1 aliphatic rings. The molecule has 0 radical (unpaired) electrons.